The molecule has 4 heteroatoms. The number of hydrogen-bond donors (Lipinski definition) is 1. The van der Waals surface area contributed by atoms with Gasteiger partial charge in [0.15, 0.2) is 0 Å². The van der Waals surface area contributed by atoms with Gasteiger partial charge in [-0.1, -0.05) is 24.3 Å². The minimum atomic E-state index is -0.240. The van der Waals surface area contributed by atoms with Gasteiger partial charge in [0.25, 0.3) is 0 Å². The highest BCUT2D eigenvalue weighted by atomic mass is 19.1. The number of nitrogens with two attached hydrogens (primary N) is 1. The number of rotatable bonds is 5. The summed E-state index contributed by atoms with van der Waals surface area (Å²) in [7, 11) is 0. The van der Waals surface area contributed by atoms with Crippen molar-refractivity contribution in [2.45, 2.75) is 12.3 Å². The van der Waals surface area contributed by atoms with Gasteiger partial charge in [-0.15, -0.1) is 0 Å². The Morgan fingerprint density at radius 3 is 1.91 bits per heavy atom. The Labute approximate surface area is 135 Å². The molecule has 1 heterocycles. The van der Waals surface area contributed by atoms with Crippen LogP contribution in [-0.2, 0) is 0 Å². The lowest BCUT2D eigenvalue weighted by atomic mass is 9.90. The van der Waals surface area contributed by atoms with Crippen molar-refractivity contribution < 1.29 is 8.78 Å². The van der Waals surface area contributed by atoms with Crippen LogP contribution < -0.4 is 5.73 Å². The van der Waals surface area contributed by atoms with Crippen LogP contribution in [0.25, 0.3) is 0 Å². The average Bonchev–Trinajstić information content (AvgIpc) is 3.02. The number of nitrogens with zero attached hydrogens (tertiary/aromatic N) is 1. The van der Waals surface area contributed by atoms with Gasteiger partial charge in [-0.25, -0.2) is 8.78 Å². The molecule has 3 rings (SSSR count). The van der Waals surface area contributed by atoms with Gasteiger partial charge in [-0.05, 0) is 60.8 Å². The molecule has 23 heavy (non-hydrogen) atoms. The van der Waals surface area contributed by atoms with Crippen molar-refractivity contribution in [2.75, 3.05) is 26.2 Å². The summed E-state index contributed by atoms with van der Waals surface area (Å²) < 4.78 is 26.5. The topological polar surface area (TPSA) is 29.3 Å². The number of benzene rings is 2. The Bertz CT molecular complexity index is 579. The van der Waals surface area contributed by atoms with E-state index in [1.165, 1.54) is 24.3 Å². The van der Waals surface area contributed by atoms with Gasteiger partial charge in [0.2, 0.25) is 0 Å². The highest BCUT2D eigenvalue weighted by molar-refractivity contribution is 5.33. The summed E-state index contributed by atoms with van der Waals surface area (Å²) in [6.45, 7) is 3.58. The zero-order valence-corrected chi connectivity index (χ0v) is 13.1. The smallest absolute Gasteiger partial charge is 0.123 e. The number of halogens is 2. The molecule has 1 aliphatic rings. The second-order valence-corrected chi connectivity index (χ2v) is 6.31. The third-order valence-corrected chi connectivity index (χ3v) is 4.69. The minimum absolute atomic E-state index is 0.104. The van der Waals surface area contributed by atoms with Gasteiger partial charge in [0.1, 0.15) is 11.6 Å². The summed E-state index contributed by atoms with van der Waals surface area (Å²) in [4.78, 5) is 2.40. The van der Waals surface area contributed by atoms with E-state index < -0.39 is 0 Å². The normalized spacial score (nSPS) is 18.7. The predicted molar refractivity (Wildman–Crippen MR) is 88.2 cm³/mol. The van der Waals surface area contributed by atoms with Crippen molar-refractivity contribution in [2.24, 2.45) is 11.7 Å². The molecule has 2 aromatic rings. The Hall–Kier alpha value is -1.78. The molecule has 1 unspecified atom stereocenters. The van der Waals surface area contributed by atoms with Crippen molar-refractivity contribution in [1.29, 1.82) is 0 Å². The molecule has 2 aromatic carbocycles. The first-order valence-electron chi connectivity index (χ1n) is 8.09. The fourth-order valence-electron chi connectivity index (χ4n) is 3.32. The van der Waals surface area contributed by atoms with Crippen molar-refractivity contribution in [3.8, 4) is 0 Å². The second kappa shape index (κ2) is 7.20. The molecule has 1 saturated heterocycles. The van der Waals surface area contributed by atoms with Gasteiger partial charge in [-0.3, -0.25) is 0 Å². The monoisotopic (exact) mass is 316 g/mol. The van der Waals surface area contributed by atoms with Gasteiger partial charge in [-0.2, -0.15) is 0 Å². The molecule has 0 aromatic heterocycles. The van der Waals surface area contributed by atoms with Gasteiger partial charge >= 0.3 is 0 Å². The van der Waals surface area contributed by atoms with E-state index in [9.17, 15) is 8.78 Å². The first-order valence-corrected chi connectivity index (χ1v) is 8.09. The summed E-state index contributed by atoms with van der Waals surface area (Å²) in [5.41, 5.74) is 7.87. The van der Waals surface area contributed by atoms with Crippen LogP contribution in [0, 0.1) is 17.6 Å². The fourth-order valence-corrected chi connectivity index (χ4v) is 3.32. The summed E-state index contributed by atoms with van der Waals surface area (Å²) in [6, 6.07) is 13.2. The van der Waals surface area contributed by atoms with Gasteiger partial charge in [0, 0.05) is 19.0 Å². The number of likely N-dealkylation sites (tertiary alicyclic amines) is 1. The second-order valence-electron chi connectivity index (χ2n) is 6.31. The highest BCUT2D eigenvalue weighted by Crippen LogP contribution is 2.28. The third kappa shape index (κ3) is 3.95. The zero-order chi connectivity index (χ0) is 16.2. The van der Waals surface area contributed by atoms with E-state index in [0.717, 1.165) is 37.2 Å². The SMILES string of the molecule is NCC1CCN(CC(c2ccc(F)cc2)c2ccc(F)cc2)C1. The van der Waals surface area contributed by atoms with Crippen LogP contribution in [0.5, 0.6) is 0 Å². The quantitative estimate of drug-likeness (QED) is 0.916. The third-order valence-electron chi connectivity index (χ3n) is 4.69. The predicted octanol–water partition coefficient (Wildman–Crippen LogP) is 3.38. The van der Waals surface area contributed by atoms with E-state index in [1.807, 2.05) is 24.3 Å². The molecule has 1 aliphatic heterocycles. The Morgan fingerprint density at radius 2 is 1.48 bits per heavy atom. The standard InChI is InChI=1S/C19H22F2N2/c20-17-5-1-15(2-6-17)19(16-3-7-18(21)8-4-16)13-23-10-9-14(11-22)12-23/h1-8,14,19H,9-13,22H2. The van der Waals surface area contributed by atoms with Crippen LogP contribution in [0.4, 0.5) is 8.78 Å². The van der Waals surface area contributed by atoms with E-state index in [-0.39, 0.29) is 17.6 Å². The molecule has 0 amide bonds. The lowest BCUT2D eigenvalue weighted by Gasteiger charge is -2.25. The maximum Gasteiger partial charge on any atom is 0.123 e. The first-order chi connectivity index (χ1) is 11.2. The minimum Gasteiger partial charge on any atom is -0.330 e. The summed E-state index contributed by atoms with van der Waals surface area (Å²) in [5, 5.41) is 0. The Morgan fingerprint density at radius 1 is 0.957 bits per heavy atom. The highest BCUT2D eigenvalue weighted by Gasteiger charge is 2.25. The molecule has 122 valence electrons. The molecule has 0 spiro atoms. The van der Waals surface area contributed by atoms with Crippen LogP contribution in [-0.4, -0.2) is 31.1 Å². The molecular formula is C19H22F2N2. The molecule has 2 nitrogen and oxygen atoms in total. The molecule has 1 atom stereocenters. The largest absolute Gasteiger partial charge is 0.330 e. The maximum atomic E-state index is 13.2. The van der Waals surface area contributed by atoms with Crippen molar-refractivity contribution >= 4 is 0 Å². The Kier molecular flexibility index (Phi) is 5.03. The summed E-state index contributed by atoms with van der Waals surface area (Å²) >= 11 is 0. The molecule has 0 radical (unpaired) electrons. The molecule has 1 fully saturated rings. The molecule has 0 aliphatic carbocycles. The molecule has 0 saturated carbocycles. The Balaban J connectivity index is 1.84. The van der Waals surface area contributed by atoms with E-state index in [4.69, 9.17) is 5.73 Å². The number of hydrogen-bond acceptors (Lipinski definition) is 2. The van der Waals surface area contributed by atoms with Crippen LogP contribution >= 0.6 is 0 Å². The molecule has 2 N–H and O–H groups in total. The van der Waals surface area contributed by atoms with Crippen LogP contribution in [0.3, 0.4) is 0 Å². The lowest BCUT2D eigenvalue weighted by Crippen LogP contribution is -2.28. The van der Waals surface area contributed by atoms with Gasteiger partial charge < -0.3 is 10.6 Å². The fraction of sp³-hybridized carbons (Fsp3) is 0.368. The zero-order valence-electron chi connectivity index (χ0n) is 13.1. The average molecular weight is 316 g/mol. The van der Waals surface area contributed by atoms with Crippen molar-refractivity contribution in [3.05, 3.63) is 71.3 Å². The van der Waals surface area contributed by atoms with Gasteiger partial charge in [0.05, 0.1) is 0 Å². The molecule has 0 bridgehead atoms. The summed E-state index contributed by atoms with van der Waals surface area (Å²) in [5.74, 6) is 0.178. The molecular weight excluding hydrogens is 294 g/mol. The maximum absolute atomic E-state index is 13.2. The van der Waals surface area contributed by atoms with Crippen molar-refractivity contribution in [3.63, 3.8) is 0 Å². The summed E-state index contributed by atoms with van der Waals surface area (Å²) in [6.07, 6.45) is 1.12. The van der Waals surface area contributed by atoms with Crippen LogP contribution in [0.1, 0.15) is 23.5 Å². The van der Waals surface area contributed by atoms with E-state index in [2.05, 4.69) is 4.90 Å². The lowest BCUT2D eigenvalue weighted by molar-refractivity contribution is 0.315. The first kappa shape index (κ1) is 16.1. The van der Waals surface area contributed by atoms with Crippen LogP contribution in [0.15, 0.2) is 48.5 Å². The van der Waals surface area contributed by atoms with E-state index >= 15 is 0 Å². The van der Waals surface area contributed by atoms with Crippen molar-refractivity contribution in [1.82, 2.24) is 4.90 Å². The van der Waals surface area contributed by atoms with E-state index in [1.54, 1.807) is 0 Å². The van der Waals surface area contributed by atoms with E-state index in [0.29, 0.717) is 12.5 Å². The van der Waals surface area contributed by atoms with Crippen LogP contribution in [0.2, 0.25) is 0 Å².